The van der Waals surface area contributed by atoms with Gasteiger partial charge < -0.3 is 10.6 Å². The summed E-state index contributed by atoms with van der Waals surface area (Å²) in [6.07, 6.45) is 0. The SMILES string of the molecule is CC(=O)c1ccc(Nc2nc(CNC(=O)c3ccc(Cl)cc3)cs2)cc1. The van der Waals surface area contributed by atoms with E-state index in [4.69, 9.17) is 11.6 Å². The van der Waals surface area contributed by atoms with Gasteiger partial charge in [0.2, 0.25) is 0 Å². The highest BCUT2D eigenvalue weighted by molar-refractivity contribution is 7.13. The summed E-state index contributed by atoms with van der Waals surface area (Å²) < 4.78 is 0. The number of amides is 1. The van der Waals surface area contributed by atoms with Crippen LogP contribution >= 0.6 is 22.9 Å². The molecule has 1 amide bonds. The molecule has 3 aromatic rings. The summed E-state index contributed by atoms with van der Waals surface area (Å²) in [5, 5.41) is 9.21. The Morgan fingerprint density at radius 2 is 1.69 bits per heavy atom. The van der Waals surface area contributed by atoms with Crippen LogP contribution in [0, 0.1) is 0 Å². The first-order valence-electron chi connectivity index (χ1n) is 7.87. The number of nitrogens with zero attached hydrogens (tertiary/aromatic N) is 1. The van der Waals surface area contributed by atoms with Crippen molar-refractivity contribution < 1.29 is 9.59 Å². The summed E-state index contributed by atoms with van der Waals surface area (Å²) in [5.41, 5.74) is 2.83. The number of carbonyl (C=O) groups is 2. The quantitative estimate of drug-likeness (QED) is 0.605. The predicted molar refractivity (Wildman–Crippen MR) is 104 cm³/mol. The van der Waals surface area contributed by atoms with Crippen molar-refractivity contribution in [3.05, 3.63) is 75.8 Å². The van der Waals surface area contributed by atoms with Crippen molar-refractivity contribution in [2.75, 3.05) is 5.32 Å². The minimum Gasteiger partial charge on any atom is -0.346 e. The summed E-state index contributed by atoms with van der Waals surface area (Å²) in [6, 6.07) is 13.9. The molecule has 0 aliphatic carbocycles. The number of rotatable bonds is 6. The van der Waals surface area contributed by atoms with E-state index in [-0.39, 0.29) is 11.7 Å². The highest BCUT2D eigenvalue weighted by atomic mass is 35.5. The molecule has 0 atom stereocenters. The molecule has 0 aliphatic rings. The number of thiazole rings is 1. The number of Topliss-reactive ketones (excluding diaryl/α,β-unsaturated/α-hetero) is 1. The molecule has 0 saturated carbocycles. The topological polar surface area (TPSA) is 71.1 Å². The van der Waals surface area contributed by atoms with Crippen molar-refractivity contribution in [1.29, 1.82) is 0 Å². The molecule has 7 heteroatoms. The standard InChI is InChI=1S/C19H16ClN3O2S/c1-12(24)13-4-8-16(9-5-13)22-19-23-17(11-26-19)10-21-18(25)14-2-6-15(20)7-3-14/h2-9,11H,10H2,1H3,(H,21,25)(H,22,23). The second kappa shape index (κ2) is 8.12. The Balaban J connectivity index is 1.56. The van der Waals surface area contributed by atoms with Gasteiger partial charge in [0, 0.05) is 27.2 Å². The van der Waals surface area contributed by atoms with Crippen molar-refractivity contribution in [2.45, 2.75) is 13.5 Å². The molecule has 0 unspecified atom stereocenters. The van der Waals surface area contributed by atoms with Gasteiger partial charge in [-0.1, -0.05) is 11.6 Å². The number of aromatic nitrogens is 1. The Labute approximate surface area is 160 Å². The molecule has 3 rings (SSSR count). The summed E-state index contributed by atoms with van der Waals surface area (Å²) in [4.78, 5) is 27.8. The second-order valence-electron chi connectivity index (χ2n) is 5.59. The van der Waals surface area contributed by atoms with Gasteiger partial charge in [-0.25, -0.2) is 4.98 Å². The maximum absolute atomic E-state index is 12.1. The number of hydrogen-bond donors (Lipinski definition) is 2. The third-order valence-corrected chi connectivity index (χ3v) is 4.69. The highest BCUT2D eigenvalue weighted by Crippen LogP contribution is 2.21. The zero-order valence-corrected chi connectivity index (χ0v) is 15.5. The molecule has 26 heavy (non-hydrogen) atoms. The molecule has 0 spiro atoms. The molecule has 2 aromatic carbocycles. The normalized spacial score (nSPS) is 10.4. The van der Waals surface area contributed by atoms with Crippen LogP contribution < -0.4 is 10.6 Å². The van der Waals surface area contributed by atoms with Crippen LogP contribution in [0.3, 0.4) is 0 Å². The molecular weight excluding hydrogens is 370 g/mol. The molecule has 0 radical (unpaired) electrons. The minimum absolute atomic E-state index is 0.0320. The number of anilines is 2. The van der Waals surface area contributed by atoms with E-state index in [1.807, 2.05) is 17.5 Å². The highest BCUT2D eigenvalue weighted by Gasteiger charge is 2.08. The van der Waals surface area contributed by atoms with Gasteiger partial charge >= 0.3 is 0 Å². The molecule has 0 saturated heterocycles. The maximum Gasteiger partial charge on any atom is 0.251 e. The van der Waals surface area contributed by atoms with E-state index in [1.54, 1.807) is 36.4 Å². The van der Waals surface area contributed by atoms with E-state index >= 15 is 0 Å². The zero-order chi connectivity index (χ0) is 18.5. The van der Waals surface area contributed by atoms with Crippen molar-refractivity contribution in [3.63, 3.8) is 0 Å². The predicted octanol–water partition coefficient (Wildman–Crippen LogP) is 4.67. The van der Waals surface area contributed by atoms with Crippen LogP contribution in [-0.2, 0) is 6.54 Å². The van der Waals surface area contributed by atoms with Crippen LogP contribution in [0.5, 0.6) is 0 Å². The van der Waals surface area contributed by atoms with Gasteiger partial charge in [0.1, 0.15) is 0 Å². The first-order chi connectivity index (χ1) is 12.5. The van der Waals surface area contributed by atoms with Gasteiger partial charge in [0.15, 0.2) is 10.9 Å². The van der Waals surface area contributed by atoms with Gasteiger partial charge in [0.25, 0.3) is 5.91 Å². The smallest absolute Gasteiger partial charge is 0.251 e. The van der Waals surface area contributed by atoms with Gasteiger partial charge in [-0.15, -0.1) is 11.3 Å². The van der Waals surface area contributed by atoms with E-state index in [0.29, 0.717) is 22.7 Å². The van der Waals surface area contributed by atoms with Crippen LogP contribution in [0.15, 0.2) is 53.9 Å². The van der Waals surface area contributed by atoms with Crippen molar-refractivity contribution >= 4 is 45.4 Å². The fraction of sp³-hybridized carbons (Fsp3) is 0.105. The Hall–Kier alpha value is -2.70. The molecule has 132 valence electrons. The third-order valence-electron chi connectivity index (χ3n) is 3.63. The van der Waals surface area contributed by atoms with Crippen LogP contribution in [-0.4, -0.2) is 16.7 Å². The monoisotopic (exact) mass is 385 g/mol. The van der Waals surface area contributed by atoms with Gasteiger partial charge in [0.05, 0.1) is 12.2 Å². The lowest BCUT2D eigenvalue weighted by atomic mass is 10.1. The Kier molecular flexibility index (Phi) is 5.65. The largest absolute Gasteiger partial charge is 0.346 e. The maximum atomic E-state index is 12.1. The van der Waals surface area contributed by atoms with Crippen LogP contribution in [0.4, 0.5) is 10.8 Å². The summed E-state index contributed by atoms with van der Waals surface area (Å²) >= 11 is 7.27. The summed E-state index contributed by atoms with van der Waals surface area (Å²) in [7, 11) is 0. The lowest BCUT2D eigenvalue weighted by Gasteiger charge is -2.04. The number of hydrogen-bond acceptors (Lipinski definition) is 5. The number of nitrogens with one attached hydrogen (secondary N) is 2. The van der Waals surface area contributed by atoms with Crippen molar-refractivity contribution in [1.82, 2.24) is 10.3 Å². The second-order valence-corrected chi connectivity index (χ2v) is 6.89. The molecule has 0 bridgehead atoms. The molecule has 0 fully saturated rings. The molecular formula is C19H16ClN3O2S. The van der Waals surface area contributed by atoms with Gasteiger partial charge in [-0.2, -0.15) is 0 Å². The molecule has 1 heterocycles. The lowest BCUT2D eigenvalue weighted by molar-refractivity contribution is 0.0949. The lowest BCUT2D eigenvalue weighted by Crippen LogP contribution is -2.22. The van der Waals surface area contributed by atoms with Gasteiger partial charge in [-0.05, 0) is 55.5 Å². The third kappa shape index (κ3) is 4.68. The van der Waals surface area contributed by atoms with Crippen LogP contribution in [0.1, 0.15) is 33.3 Å². The molecule has 0 aliphatic heterocycles. The van der Waals surface area contributed by atoms with E-state index in [9.17, 15) is 9.59 Å². The fourth-order valence-electron chi connectivity index (χ4n) is 2.23. The minimum atomic E-state index is -0.177. The average molecular weight is 386 g/mol. The van der Waals surface area contributed by atoms with Gasteiger partial charge in [-0.3, -0.25) is 9.59 Å². The van der Waals surface area contributed by atoms with Crippen molar-refractivity contribution in [3.8, 4) is 0 Å². The molecule has 5 nitrogen and oxygen atoms in total. The Morgan fingerprint density at radius 3 is 2.35 bits per heavy atom. The zero-order valence-electron chi connectivity index (χ0n) is 14.0. The fourth-order valence-corrected chi connectivity index (χ4v) is 3.09. The Bertz CT molecular complexity index is 921. The first kappa shape index (κ1) is 18.1. The number of ketones is 1. The van der Waals surface area contributed by atoms with E-state index in [0.717, 1.165) is 16.5 Å². The first-order valence-corrected chi connectivity index (χ1v) is 9.13. The van der Waals surface area contributed by atoms with E-state index in [2.05, 4.69) is 15.6 Å². The van der Waals surface area contributed by atoms with E-state index in [1.165, 1.54) is 18.3 Å². The number of benzene rings is 2. The number of halogens is 1. The van der Waals surface area contributed by atoms with Crippen LogP contribution in [0.2, 0.25) is 5.02 Å². The average Bonchev–Trinajstić information content (AvgIpc) is 3.08. The van der Waals surface area contributed by atoms with Crippen LogP contribution in [0.25, 0.3) is 0 Å². The Morgan fingerprint density at radius 1 is 1.04 bits per heavy atom. The number of carbonyl (C=O) groups excluding carboxylic acids is 2. The molecule has 1 aromatic heterocycles. The van der Waals surface area contributed by atoms with Crippen molar-refractivity contribution in [2.24, 2.45) is 0 Å². The molecule has 2 N–H and O–H groups in total. The van der Waals surface area contributed by atoms with E-state index < -0.39 is 0 Å². The summed E-state index contributed by atoms with van der Waals surface area (Å²) in [6.45, 7) is 1.87. The summed E-state index contributed by atoms with van der Waals surface area (Å²) in [5.74, 6) is -0.145.